The minimum absolute atomic E-state index is 0.0552. The monoisotopic (exact) mass is 334 g/mol. The number of aromatic hydroxyl groups is 1. The van der Waals surface area contributed by atoms with Crippen molar-refractivity contribution in [3.05, 3.63) is 82.3 Å². The van der Waals surface area contributed by atoms with Crippen molar-refractivity contribution in [2.75, 3.05) is 0 Å². The van der Waals surface area contributed by atoms with Gasteiger partial charge in [-0.25, -0.2) is 4.79 Å². The lowest BCUT2D eigenvalue weighted by molar-refractivity contribution is 0.0188. The van der Waals surface area contributed by atoms with E-state index in [4.69, 9.17) is 9.47 Å². The summed E-state index contributed by atoms with van der Waals surface area (Å²) in [5, 5.41) is 19.8. The van der Waals surface area contributed by atoms with Crippen LogP contribution in [0.25, 0.3) is 0 Å². The predicted octanol–water partition coefficient (Wildman–Crippen LogP) is 3.69. The quantitative estimate of drug-likeness (QED) is 0.719. The molecule has 2 aromatic rings. The van der Waals surface area contributed by atoms with Crippen LogP contribution in [0.5, 0.6) is 11.5 Å². The van der Waals surface area contributed by atoms with Crippen LogP contribution in [0.1, 0.15) is 34.3 Å². The summed E-state index contributed by atoms with van der Waals surface area (Å²) < 4.78 is 11.9. The van der Waals surface area contributed by atoms with Crippen LogP contribution < -0.4 is 4.74 Å². The van der Waals surface area contributed by atoms with E-state index in [1.807, 2.05) is 12.1 Å². The molecule has 1 unspecified atom stereocenters. The molecule has 3 aliphatic rings. The first kappa shape index (κ1) is 14.2. The molecule has 2 aliphatic heterocycles. The number of carbonyl (C=O) groups is 1. The molecule has 1 atom stereocenters. The fourth-order valence-electron chi connectivity index (χ4n) is 3.94. The molecule has 25 heavy (non-hydrogen) atoms. The van der Waals surface area contributed by atoms with Crippen LogP contribution in [0, 0.1) is 0 Å². The summed E-state index contributed by atoms with van der Waals surface area (Å²) in [6.45, 7) is 0. The number of aliphatic hydroxyl groups excluding tert-OH is 1. The Bertz CT molecular complexity index is 1000. The lowest BCUT2D eigenvalue weighted by Gasteiger charge is -2.39. The van der Waals surface area contributed by atoms with Crippen LogP contribution in [-0.4, -0.2) is 16.2 Å². The van der Waals surface area contributed by atoms with Crippen molar-refractivity contribution in [3.8, 4) is 11.5 Å². The van der Waals surface area contributed by atoms with Crippen molar-refractivity contribution in [1.29, 1.82) is 0 Å². The number of benzene rings is 2. The lowest BCUT2D eigenvalue weighted by atomic mass is 9.74. The van der Waals surface area contributed by atoms with Crippen molar-refractivity contribution < 1.29 is 24.5 Å². The number of aliphatic hydroxyl groups is 1. The molecule has 2 aromatic carbocycles. The van der Waals surface area contributed by atoms with Gasteiger partial charge in [-0.2, -0.15) is 0 Å². The first-order valence-electron chi connectivity index (χ1n) is 8.07. The highest BCUT2D eigenvalue weighted by Gasteiger charge is 2.54. The zero-order valence-corrected chi connectivity index (χ0v) is 13.2. The minimum atomic E-state index is -1.08. The molecule has 5 rings (SSSR count). The Morgan fingerprint density at radius 3 is 2.72 bits per heavy atom. The van der Waals surface area contributed by atoms with E-state index >= 15 is 0 Å². The van der Waals surface area contributed by atoms with E-state index in [-0.39, 0.29) is 17.5 Å². The smallest absolute Gasteiger partial charge is 0.340 e. The van der Waals surface area contributed by atoms with Crippen molar-refractivity contribution >= 4 is 5.97 Å². The van der Waals surface area contributed by atoms with Crippen molar-refractivity contribution in [3.63, 3.8) is 0 Å². The molecule has 124 valence electrons. The van der Waals surface area contributed by atoms with E-state index in [1.54, 1.807) is 30.3 Å². The standard InChI is InChI=1S/C20H14O5/c21-11-5-7-15-17(9-11)24-18-10-12(22)6-8-16(18)20(15)14-4-2-1-3-13(14)19(23)25-20/h1-5,7,9-10,21-22H,6,8H2. The van der Waals surface area contributed by atoms with E-state index in [0.29, 0.717) is 35.5 Å². The number of phenolic OH excluding ortho intramolecular Hbond substituents is 1. The summed E-state index contributed by atoms with van der Waals surface area (Å²) in [4.78, 5) is 12.6. The summed E-state index contributed by atoms with van der Waals surface area (Å²) in [6, 6.07) is 12.1. The van der Waals surface area contributed by atoms with Crippen LogP contribution in [-0.2, 0) is 10.3 Å². The van der Waals surface area contributed by atoms with Crippen molar-refractivity contribution in [2.45, 2.75) is 18.4 Å². The number of esters is 1. The van der Waals surface area contributed by atoms with Crippen LogP contribution in [0.3, 0.4) is 0 Å². The third-order valence-corrected chi connectivity index (χ3v) is 4.99. The van der Waals surface area contributed by atoms with Gasteiger partial charge in [-0.15, -0.1) is 0 Å². The first-order valence-corrected chi connectivity index (χ1v) is 8.07. The Labute approximate surface area is 143 Å². The molecular weight excluding hydrogens is 320 g/mol. The Kier molecular flexibility index (Phi) is 2.64. The van der Waals surface area contributed by atoms with Gasteiger partial charge < -0.3 is 19.7 Å². The van der Waals surface area contributed by atoms with Crippen molar-refractivity contribution in [2.24, 2.45) is 0 Å². The highest BCUT2D eigenvalue weighted by molar-refractivity contribution is 5.96. The number of hydrogen-bond donors (Lipinski definition) is 2. The number of allylic oxidation sites excluding steroid dienone is 2. The number of phenols is 1. The molecule has 1 aliphatic carbocycles. The molecule has 0 radical (unpaired) electrons. The van der Waals surface area contributed by atoms with Gasteiger partial charge in [0.15, 0.2) is 5.60 Å². The van der Waals surface area contributed by atoms with Gasteiger partial charge in [0.1, 0.15) is 17.3 Å². The van der Waals surface area contributed by atoms with E-state index in [1.165, 1.54) is 6.07 Å². The summed E-state index contributed by atoms with van der Waals surface area (Å²) in [5.74, 6) is 0.761. The summed E-state index contributed by atoms with van der Waals surface area (Å²) in [7, 11) is 0. The molecule has 5 heteroatoms. The van der Waals surface area contributed by atoms with E-state index in [2.05, 4.69) is 0 Å². The molecule has 1 spiro atoms. The number of carbonyl (C=O) groups excluding carboxylic acids is 1. The second-order valence-electron chi connectivity index (χ2n) is 6.38. The topological polar surface area (TPSA) is 76.0 Å². The Morgan fingerprint density at radius 1 is 1.00 bits per heavy atom. The van der Waals surface area contributed by atoms with Crippen LogP contribution in [0.15, 0.2) is 65.6 Å². The van der Waals surface area contributed by atoms with Crippen LogP contribution >= 0.6 is 0 Å². The van der Waals surface area contributed by atoms with Crippen LogP contribution in [0.2, 0.25) is 0 Å². The molecule has 2 heterocycles. The van der Waals surface area contributed by atoms with Gasteiger partial charge in [0.05, 0.1) is 11.3 Å². The zero-order chi connectivity index (χ0) is 17.2. The maximum Gasteiger partial charge on any atom is 0.340 e. The van der Waals surface area contributed by atoms with Gasteiger partial charge in [0.25, 0.3) is 0 Å². The average Bonchev–Trinajstić information content (AvgIpc) is 2.88. The third kappa shape index (κ3) is 1.75. The highest BCUT2D eigenvalue weighted by Crippen LogP contribution is 2.56. The minimum Gasteiger partial charge on any atom is -0.512 e. The normalized spacial score (nSPS) is 23.4. The zero-order valence-electron chi connectivity index (χ0n) is 13.2. The predicted molar refractivity (Wildman–Crippen MR) is 88.3 cm³/mol. The van der Waals surface area contributed by atoms with Gasteiger partial charge in [-0.1, -0.05) is 18.2 Å². The molecule has 0 saturated carbocycles. The Hall–Kier alpha value is -3.21. The van der Waals surface area contributed by atoms with Gasteiger partial charge >= 0.3 is 5.97 Å². The van der Waals surface area contributed by atoms with Gasteiger partial charge in [-0.3, -0.25) is 0 Å². The lowest BCUT2D eigenvalue weighted by Crippen LogP contribution is -2.36. The summed E-state index contributed by atoms with van der Waals surface area (Å²) in [5.41, 5.74) is 1.69. The second kappa shape index (κ2) is 4.66. The summed E-state index contributed by atoms with van der Waals surface area (Å²) >= 11 is 0. The number of ether oxygens (including phenoxy) is 2. The second-order valence-corrected chi connectivity index (χ2v) is 6.38. The molecule has 0 aromatic heterocycles. The van der Waals surface area contributed by atoms with Crippen molar-refractivity contribution in [1.82, 2.24) is 0 Å². The maximum absolute atomic E-state index is 12.6. The fourth-order valence-corrected chi connectivity index (χ4v) is 3.94. The number of fused-ring (bicyclic) bond motifs is 5. The summed E-state index contributed by atoms with van der Waals surface area (Å²) in [6.07, 6.45) is 2.53. The van der Waals surface area contributed by atoms with Gasteiger partial charge in [-0.05, 0) is 24.6 Å². The van der Waals surface area contributed by atoms with E-state index in [9.17, 15) is 15.0 Å². The Morgan fingerprint density at radius 2 is 1.84 bits per heavy atom. The molecule has 0 bridgehead atoms. The Balaban J connectivity index is 1.88. The third-order valence-electron chi connectivity index (χ3n) is 4.99. The van der Waals surface area contributed by atoms with Gasteiger partial charge in [0.2, 0.25) is 0 Å². The number of rotatable bonds is 0. The fraction of sp³-hybridized carbons (Fsp3) is 0.150. The van der Waals surface area contributed by atoms with Crippen LogP contribution in [0.4, 0.5) is 0 Å². The highest BCUT2D eigenvalue weighted by atomic mass is 16.6. The molecule has 5 nitrogen and oxygen atoms in total. The van der Waals surface area contributed by atoms with E-state index < -0.39 is 5.60 Å². The molecular formula is C20H14O5. The van der Waals surface area contributed by atoms with Gasteiger partial charge in [0, 0.05) is 35.3 Å². The van der Waals surface area contributed by atoms with E-state index in [0.717, 1.165) is 11.1 Å². The molecule has 0 saturated heterocycles. The number of hydrogen-bond acceptors (Lipinski definition) is 5. The SMILES string of the molecule is O=C1OC2(C3=C(C=C(O)CC3)Oc3cc(O)ccc32)c2ccccc21. The maximum atomic E-state index is 12.6. The largest absolute Gasteiger partial charge is 0.512 e. The molecule has 0 amide bonds. The average molecular weight is 334 g/mol. The first-order chi connectivity index (χ1) is 12.1. The molecule has 0 fully saturated rings. The molecule has 2 N–H and O–H groups in total.